The van der Waals surface area contributed by atoms with Crippen molar-refractivity contribution in [2.24, 2.45) is 0 Å². The molecule has 0 aromatic carbocycles. The van der Waals surface area contributed by atoms with E-state index in [1.54, 1.807) is 36.4 Å². The average Bonchev–Trinajstić information content (AvgIpc) is 3.68. The topological polar surface area (TPSA) is 132 Å². The van der Waals surface area contributed by atoms with Crippen LogP contribution in [0.2, 0.25) is 0 Å². The van der Waals surface area contributed by atoms with E-state index in [1.165, 1.54) is 28.6 Å². The van der Waals surface area contributed by atoms with Gasteiger partial charge in [0.05, 0.1) is 19.1 Å². The minimum atomic E-state index is -0.991. The molecule has 11 nitrogen and oxygen atoms in total. The summed E-state index contributed by atoms with van der Waals surface area (Å²) < 4.78 is 16.7. The predicted octanol–water partition coefficient (Wildman–Crippen LogP) is 3.65. The second-order valence-corrected chi connectivity index (χ2v) is 8.92. The van der Waals surface area contributed by atoms with Crippen LogP contribution in [0.15, 0.2) is 62.2 Å². The van der Waals surface area contributed by atoms with Crippen molar-refractivity contribution in [2.75, 3.05) is 0 Å². The van der Waals surface area contributed by atoms with Gasteiger partial charge in [0.15, 0.2) is 11.8 Å². The number of rotatable bonds is 9. The summed E-state index contributed by atoms with van der Waals surface area (Å²) in [7, 11) is 0. The molecule has 188 valence electrons. The number of carbonyl (C=O) groups excluding carboxylic acids is 2. The summed E-state index contributed by atoms with van der Waals surface area (Å²) in [6, 6.07) is 9.49. The molecule has 1 saturated carbocycles. The van der Waals surface area contributed by atoms with Gasteiger partial charge in [-0.05, 0) is 61.4 Å². The van der Waals surface area contributed by atoms with E-state index < -0.39 is 11.9 Å². The maximum Gasteiger partial charge on any atom is 0.250 e. The van der Waals surface area contributed by atoms with Gasteiger partial charge in [-0.3, -0.25) is 9.59 Å². The third-order valence-corrected chi connectivity index (χ3v) is 6.24. The molecule has 1 N–H and O–H groups in total. The highest BCUT2D eigenvalue weighted by atomic mass is 16.3. The van der Waals surface area contributed by atoms with Crippen molar-refractivity contribution in [3.05, 3.63) is 66.2 Å². The van der Waals surface area contributed by atoms with Crippen LogP contribution in [-0.2, 0) is 22.7 Å². The number of furan rings is 3. The van der Waals surface area contributed by atoms with Crippen LogP contribution in [0.25, 0.3) is 11.6 Å². The Kier molecular flexibility index (Phi) is 6.96. The maximum atomic E-state index is 13.6. The van der Waals surface area contributed by atoms with Crippen LogP contribution < -0.4 is 5.32 Å². The van der Waals surface area contributed by atoms with Crippen LogP contribution in [0, 0.1) is 6.92 Å². The van der Waals surface area contributed by atoms with Gasteiger partial charge in [0.25, 0.3) is 5.91 Å². The largest absolute Gasteiger partial charge is 0.467 e. The Balaban J connectivity index is 1.40. The molecule has 0 radical (unpaired) electrons. The SMILES string of the molecule is Cc1ccc(-c2nnn(CC(=O)N(Cc3ccco3)[C@H](C(=O)NC3CCCCC3)c3ccco3)n2)o1. The normalized spacial score (nSPS) is 15.0. The van der Waals surface area contributed by atoms with Crippen molar-refractivity contribution in [1.29, 1.82) is 0 Å². The molecule has 0 bridgehead atoms. The van der Waals surface area contributed by atoms with E-state index in [4.69, 9.17) is 13.3 Å². The zero-order valence-corrected chi connectivity index (χ0v) is 20.0. The van der Waals surface area contributed by atoms with Crippen molar-refractivity contribution < 1.29 is 22.8 Å². The maximum absolute atomic E-state index is 13.6. The smallest absolute Gasteiger partial charge is 0.250 e. The number of nitrogens with one attached hydrogen (secondary N) is 1. The van der Waals surface area contributed by atoms with E-state index >= 15 is 0 Å². The molecule has 1 aliphatic carbocycles. The second kappa shape index (κ2) is 10.6. The Morgan fingerprint density at radius 1 is 1.11 bits per heavy atom. The summed E-state index contributed by atoms with van der Waals surface area (Å²) in [4.78, 5) is 29.8. The van der Waals surface area contributed by atoms with Gasteiger partial charge >= 0.3 is 0 Å². The van der Waals surface area contributed by atoms with Crippen LogP contribution in [0.3, 0.4) is 0 Å². The van der Waals surface area contributed by atoms with Crippen molar-refractivity contribution in [2.45, 2.75) is 64.2 Å². The summed E-state index contributed by atoms with van der Waals surface area (Å²) >= 11 is 0. The molecular weight excluding hydrogens is 464 g/mol. The van der Waals surface area contributed by atoms with Crippen molar-refractivity contribution in [3.63, 3.8) is 0 Å². The molecule has 1 aliphatic rings. The molecule has 4 heterocycles. The molecule has 4 aromatic rings. The molecule has 36 heavy (non-hydrogen) atoms. The number of hydrogen-bond acceptors (Lipinski definition) is 8. The first-order chi connectivity index (χ1) is 17.6. The highest BCUT2D eigenvalue weighted by Crippen LogP contribution is 2.27. The number of tetrazole rings is 1. The molecule has 11 heteroatoms. The lowest BCUT2D eigenvalue weighted by Gasteiger charge is -2.31. The lowest BCUT2D eigenvalue weighted by atomic mass is 9.95. The fourth-order valence-electron chi connectivity index (χ4n) is 4.47. The molecule has 2 amide bonds. The minimum Gasteiger partial charge on any atom is -0.467 e. The Hall–Kier alpha value is -4.15. The Morgan fingerprint density at radius 2 is 1.92 bits per heavy atom. The van der Waals surface area contributed by atoms with Crippen LogP contribution in [0.4, 0.5) is 0 Å². The number of aryl methyl sites for hydroxylation is 1. The van der Waals surface area contributed by atoms with Crippen molar-refractivity contribution >= 4 is 11.8 Å². The lowest BCUT2D eigenvalue weighted by molar-refractivity contribution is -0.143. The van der Waals surface area contributed by atoms with Crippen LogP contribution >= 0.6 is 0 Å². The number of aromatic nitrogens is 4. The number of amides is 2. The highest BCUT2D eigenvalue weighted by Gasteiger charge is 2.35. The molecule has 1 atom stereocenters. The molecule has 4 aromatic heterocycles. The van der Waals surface area contributed by atoms with Crippen molar-refractivity contribution in [1.82, 2.24) is 30.4 Å². The fraction of sp³-hybridized carbons (Fsp3) is 0.400. The third-order valence-electron chi connectivity index (χ3n) is 6.24. The quantitative estimate of drug-likeness (QED) is 0.374. The molecule has 5 rings (SSSR count). The van der Waals surface area contributed by atoms with Crippen LogP contribution in [0.1, 0.15) is 55.4 Å². The first kappa shape index (κ1) is 23.6. The van der Waals surface area contributed by atoms with Gasteiger partial charge in [-0.25, -0.2) is 0 Å². The van der Waals surface area contributed by atoms with E-state index in [-0.39, 0.29) is 30.9 Å². The van der Waals surface area contributed by atoms with Gasteiger partial charge < -0.3 is 23.5 Å². The zero-order valence-electron chi connectivity index (χ0n) is 20.0. The Morgan fingerprint density at radius 3 is 2.61 bits per heavy atom. The van der Waals surface area contributed by atoms with Crippen molar-refractivity contribution in [3.8, 4) is 11.6 Å². The van der Waals surface area contributed by atoms with E-state index in [0.29, 0.717) is 23.0 Å². The Labute approximate surface area is 207 Å². The molecule has 0 unspecified atom stereocenters. The summed E-state index contributed by atoms with van der Waals surface area (Å²) in [5.74, 6) is 1.64. The van der Waals surface area contributed by atoms with E-state index in [1.807, 2.05) is 6.92 Å². The number of nitrogens with zero attached hydrogens (tertiary/aromatic N) is 5. The lowest BCUT2D eigenvalue weighted by Crippen LogP contribution is -2.47. The van der Waals surface area contributed by atoms with E-state index in [0.717, 1.165) is 25.7 Å². The van der Waals surface area contributed by atoms with E-state index in [2.05, 4.69) is 20.7 Å². The zero-order chi connectivity index (χ0) is 24.9. The van der Waals surface area contributed by atoms with Gasteiger partial charge in [0.1, 0.15) is 23.8 Å². The van der Waals surface area contributed by atoms with Gasteiger partial charge in [-0.1, -0.05) is 19.3 Å². The highest BCUT2D eigenvalue weighted by molar-refractivity contribution is 5.88. The minimum absolute atomic E-state index is 0.0637. The number of hydrogen-bond donors (Lipinski definition) is 1. The van der Waals surface area contributed by atoms with Gasteiger partial charge in [0.2, 0.25) is 11.7 Å². The first-order valence-corrected chi connectivity index (χ1v) is 12.1. The van der Waals surface area contributed by atoms with Gasteiger partial charge in [-0.2, -0.15) is 4.80 Å². The molecule has 1 fully saturated rings. The predicted molar refractivity (Wildman–Crippen MR) is 126 cm³/mol. The monoisotopic (exact) mass is 492 g/mol. The average molecular weight is 493 g/mol. The molecule has 0 spiro atoms. The van der Waals surface area contributed by atoms with E-state index in [9.17, 15) is 9.59 Å². The summed E-state index contributed by atoms with van der Waals surface area (Å²) in [5, 5.41) is 15.4. The molecule has 0 saturated heterocycles. The Bertz CT molecular complexity index is 1270. The summed E-state index contributed by atoms with van der Waals surface area (Å²) in [6.07, 6.45) is 8.16. The molecule has 0 aliphatic heterocycles. The second-order valence-electron chi connectivity index (χ2n) is 8.92. The van der Waals surface area contributed by atoms with Crippen LogP contribution in [-0.4, -0.2) is 43.0 Å². The summed E-state index contributed by atoms with van der Waals surface area (Å²) in [6.45, 7) is 1.65. The van der Waals surface area contributed by atoms with Gasteiger partial charge in [-0.15, -0.1) is 10.2 Å². The third kappa shape index (κ3) is 5.40. The number of carbonyl (C=O) groups is 2. The molecular formula is C25H28N6O5. The van der Waals surface area contributed by atoms with Gasteiger partial charge in [0, 0.05) is 6.04 Å². The fourth-order valence-corrected chi connectivity index (χ4v) is 4.47. The standard InChI is InChI=1S/C25H28N6O5/c1-17-11-12-21(36-17)24-27-29-31(28-24)16-22(32)30(15-19-9-5-13-34-19)23(20-10-6-14-35-20)25(33)26-18-7-3-2-4-8-18/h5-6,9-14,18,23H,2-4,7-8,15-16H2,1H3,(H,26,33)/t23-/m0/s1. The summed E-state index contributed by atoms with van der Waals surface area (Å²) in [5.41, 5.74) is 0. The van der Waals surface area contributed by atoms with Crippen LogP contribution in [0.5, 0.6) is 0 Å². The first-order valence-electron chi connectivity index (χ1n) is 12.1.